The summed E-state index contributed by atoms with van der Waals surface area (Å²) >= 11 is 0. The van der Waals surface area contributed by atoms with E-state index in [0.717, 1.165) is 42.1 Å². The van der Waals surface area contributed by atoms with E-state index in [-0.39, 0.29) is 5.91 Å². The van der Waals surface area contributed by atoms with Gasteiger partial charge < -0.3 is 20.1 Å². The first-order valence-electron chi connectivity index (χ1n) is 7.42. The van der Waals surface area contributed by atoms with Crippen molar-refractivity contribution in [1.82, 2.24) is 10.6 Å². The van der Waals surface area contributed by atoms with Gasteiger partial charge in [0.05, 0.1) is 7.11 Å². The Morgan fingerprint density at radius 2 is 2.00 bits per heavy atom. The third-order valence-corrected chi connectivity index (χ3v) is 2.94. The number of rotatable bonds is 10. The van der Waals surface area contributed by atoms with Crippen LogP contribution in [0.1, 0.15) is 25.8 Å². The second-order valence-electron chi connectivity index (χ2n) is 5.24. The first kappa shape index (κ1) is 18.0. The molecule has 0 radical (unpaired) electrons. The quantitative estimate of drug-likeness (QED) is 0.514. The molecule has 1 rings (SSSR count). The summed E-state index contributed by atoms with van der Waals surface area (Å²) in [4.78, 5) is 10.7. The molecule has 0 bridgehead atoms. The first-order valence-corrected chi connectivity index (χ1v) is 7.42. The molecule has 0 aromatic heterocycles. The smallest absolute Gasteiger partial charge is 0.216 e. The lowest BCUT2D eigenvalue weighted by molar-refractivity contribution is -0.118. The van der Waals surface area contributed by atoms with E-state index in [2.05, 4.69) is 17.2 Å². The number of nitrogens with one attached hydrogen (secondary N) is 2. The maximum atomic E-state index is 10.7. The minimum atomic E-state index is 0.00876. The Kier molecular flexibility index (Phi) is 8.07. The van der Waals surface area contributed by atoms with E-state index in [1.165, 1.54) is 6.92 Å². The standard InChI is InChI=1S/C17H26N2O3/c1-13(2)12-22-17-10-15(6-7-16(17)21-4)11-18-8-5-9-19-14(3)20/h6-7,10,18H,1,5,8-9,11-12H2,2-4H3,(H,19,20). The van der Waals surface area contributed by atoms with Crippen molar-refractivity contribution < 1.29 is 14.3 Å². The Morgan fingerprint density at radius 1 is 1.23 bits per heavy atom. The fourth-order valence-corrected chi connectivity index (χ4v) is 1.86. The largest absolute Gasteiger partial charge is 0.493 e. The van der Waals surface area contributed by atoms with Gasteiger partial charge in [0.2, 0.25) is 5.91 Å². The summed E-state index contributed by atoms with van der Waals surface area (Å²) in [5, 5.41) is 6.11. The summed E-state index contributed by atoms with van der Waals surface area (Å²) in [7, 11) is 1.63. The van der Waals surface area contributed by atoms with Gasteiger partial charge in [-0.05, 0) is 43.2 Å². The van der Waals surface area contributed by atoms with Crippen molar-refractivity contribution in [2.45, 2.75) is 26.8 Å². The molecule has 0 unspecified atom stereocenters. The predicted octanol–water partition coefficient (Wildman–Crippen LogP) is 2.27. The predicted molar refractivity (Wildman–Crippen MR) is 88.3 cm³/mol. The minimum Gasteiger partial charge on any atom is -0.493 e. The normalized spacial score (nSPS) is 10.1. The number of carbonyl (C=O) groups is 1. The maximum absolute atomic E-state index is 10.7. The van der Waals surface area contributed by atoms with Gasteiger partial charge in [-0.25, -0.2) is 0 Å². The zero-order chi connectivity index (χ0) is 16.4. The van der Waals surface area contributed by atoms with E-state index in [1.807, 2.05) is 25.1 Å². The fourth-order valence-electron chi connectivity index (χ4n) is 1.86. The SMILES string of the molecule is C=C(C)COc1cc(CNCCCNC(C)=O)ccc1OC. The molecule has 22 heavy (non-hydrogen) atoms. The van der Waals surface area contributed by atoms with Crippen LogP contribution in [-0.2, 0) is 11.3 Å². The van der Waals surface area contributed by atoms with Gasteiger partial charge in [-0.1, -0.05) is 12.6 Å². The summed E-state index contributed by atoms with van der Waals surface area (Å²) in [5.41, 5.74) is 2.08. The van der Waals surface area contributed by atoms with Crippen molar-refractivity contribution in [1.29, 1.82) is 0 Å². The summed E-state index contributed by atoms with van der Waals surface area (Å²) in [6.07, 6.45) is 0.898. The number of methoxy groups -OCH3 is 1. The molecule has 0 aliphatic heterocycles. The van der Waals surface area contributed by atoms with Gasteiger partial charge in [-0.3, -0.25) is 4.79 Å². The second kappa shape index (κ2) is 9.84. The molecule has 0 heterocycles. The average Bonchev–Trinajstić information content (AvgIpc) is 2.48. The molecular weight excluding hydrogens is 280 g/mol. The van der Waals surface area contributed by atoms with E-state index < -0.39 is 0 Å². The van der Waals surface area contributed by atoms with Crippen LogP contribution in [0.4, 0.5) is 0 Å². The summed E-state index contributed by atoms with van der Waals surface area (Å²) in [5.74, 6) is 1.45. The number of hydrogen-bond acceptors (Lipinski definition) is 4. The molecule has 1 amide bonds. The summed E-state index contributed by atoms with van der Waals surface area (Å²) in [6, 6.07) is 5.89. The zero-order valence-corrected chi connectivity index (χ0v) is 13.7. The van der Waals surface area contributed by atoms with Gasteiger partial charge in [0.1, 0.15) is 6.61 Å². The van der Waals surface area contributed by atoms with Crippen molar-refractivity contribution in [2.24, 2.45) is 0 Å². The highest BCUT2D eigenvalue weighted by atomic mass is 16.5. The number of carbonyl (C=O) groups excluding carboxylic acids is 1. The van der Waals surface area contributed by atoms with Crippen LogP contribution in [-0.4, -0.2) is 32.7 Å². The van der Waals surface area contributed by atoms with Crippen molar-refractivity contribution in [2.75, 3.05) is 26.8 Å². The molecule has 0 spiro atoms. The molecule has 0 fully saturated rings. The second-order valence-corrected chi connectivity index (χ2v) is 5.24. The molecule has 5 nitrogen and oxygen atoms in total. The van der Waals surface area contributed by atoms with Crippen LogP contribution in [0.3, 0.4) is 0 Å². The van der Waals surface area contributed by atoms with Gasteiger partial charge in [0.15, 0.2) is 11.5 Å². The Hall–Kier alpha value is -2.01. The molecule has 0 saturated carbocycles. The number of amides is 1. The topological polar surface area (TPSA) is 59.6 Å². The van der Waals surface area contributed by atoms with Crippen LogP contribution in [0.15, 0.2) is 30.4 Å². The van der Waals surface area contributed by atoms with Crippen molar-refractivity contribution in [3.63, 3.8) is 0 Å². The van der Waals surface area contributed by atoms with Crippen LogP contribution in [0.5, 0.6) is 11.5 Å². The molecule has 1 aromatic carbocycles. The summed E-state index contributed by atoms with van der Waals surface area (Å²) < 4.78 is 11.0. The van der Waals surface area contributed by atoms with Crippen LogP contribution < -0.4 is 20.1 Å². The van der Waals surface area contributed by atoms with Gasteiger partial charge in [-0.15, -0.1) is 0 Å². The van der Waals surface area contributed by atoms with Crippen LogP contribution in [0.2, 0.25) is 0 Å². The lowest BCUT2D eigenvalue weighted by atomic mass is 10.2. The molecule has 1 aromatic rings. The van der Waals surface area contributed by atoms with Crippen molar-refractivity contribution >= 4 is 5.91 Å². The molecular formula is C17H26N2O3. The van der Waals surface area contributed by atoms with Crippen LogP contribution in [0, 0.1) is 0 Å². The molecule has 0 aliphatic rings. The zero-order valence-electron chi connectivity index (χ0n) is 13.7. The Labute approximate surface area is 132 Å². The van der Waals surface area contributed by atoms with Crippen molar-refractivity contribution in [3.8, 4) is 11.5 Å². The third-order valence-electron chi connectivity index (χ3n) is 2.94. The van der Waals surface area contributed by atoms with Gasteiger partial charge in [0, 0.05) is 20.0 Å². The van der Waals surface area contributed by atoms with E-state index in [4.69, 9.17) is 9.47 Å². The number of ether oxygens (including phenoxy) is 2. The Bertz CT molecular complexity index is 501. The van der Waals surface area contributed by atoms with Crippen molar-refractivity contribution in [3.05, 3.63) is 35.9 Å². The van der Waals surface area contributed by atoms with Gasteiger partial charge >= 0.3 is 0 Å². The molecule has 2 N–H and O–H groups in total. The molecule has 0 aliphatic carbocycles. The van der Waals surface area contributed by atoms with E-state index >= 15 is 0 Å². The third kappa shape index (κ3) is 7.13. The highest BCUT2D eigenvalue weighted by Gasteiger charge is 2.06. The fraction of sp³-hybridized carbons (Fsp3) is 0.471. The van der Waals surface area contributed by atoms with Gasteiger partial charge in [0.25, 0.3) is 0 Å². The lowest BCUT2D eigenvalue weighted by Crippen LogP contribution is -2.24. The highest BCUT2D eigenvalue weighted by Crippen LogP contribution is 2.28. The van der Waals surface area contributed by atoms with E-state index in [0.29, 0.717) is 13.2 Å². The molecule has 5 heteroatoms. The average molecular weight is 306 g/mol. The lowest BCUT2D eigenvalue weighted by Gasteiger charge is -2.13. The highest BCUT2D eigenvalue weighted by molar-refractivity contribution is 5.72. The van der Waals surface area contributed by atoms with E-state index in [1.54, 1.807) is 7.11 Å². The first-order chi connectivity index (χ1) is 10.5. The summed E-state index contributed by atoms with van der Waals surface area (Å²) in [6.45, 7) is 10.0. The van der Waals surface area contributed by atoms with Gasteiger partial charge in [-0.2, -0.15) is 0 Å². The Balaban J connectivity index is 2.44. The van der Waals surface area contributed by atoms with E-state index in [9.17, 15) is 4.79 Å². The monoisotopic (exact) mass is 306 g/mol. The van der Waals surface area contributed by atoms with Crippen LogP contribution >= 0.6 is 0 Å². The number of benzene rings is 1. The molecule has 0 atom stereocenters. The molecule has 122 valence electrons. The molecule has 0 saturated heterocycles. The maximum Gasteiger partial charge on any atom is 0.216 e. The minimum absolute atomic E-state index is 0.00876. The number of hydrogen-bond donors (Lipinski definition) is 2. The van der Waals surface area contributed by atoms with Crippen LogP contribution in [0.25, 0.3) is 0 Å². The Morgan fingerprint density at radius 3 is 2.64 bits per heavy atom.